The summed E-state index contributed by atoms with van der Waals surface area (Å²) in [5, 5.41) is 15.7. The summed E-state index contributed by atoms with van der Waals surface area (Å²) in [7, 11) is 0. The number of benzene rings is 1. The number of nitrogens with one attached hydrogen (secondary N) is 1. The van der Waals surface area contributed by atoms with Crippen LogP contribution in [0.15, 0.2) is 46.6 Å². The number of thiophene rings is 1. The largest absolute Gasteiger partial charge is 0.494 e. The van der Waals surface area contributed by atoms with Crippen molar-refractivity contribution in [3.63, 3.8) is 0 Å². The minimum Gasteiger partial charge on any atom is -0.494 e. The second-order valence-corrected chi connectivity index (χ2v) is 10.4. The van der Waals surface area contributed by atoms with E-state index in [9.17, 15) is 4.79 Å². The first kappa shape index (κ1) is 24.1. The summed E-state index contributed by atoms with van der Waals surface area (Å²) in [6.45, 7) is 12.1. The fraction of sp³-hybridized carbons (Fsp3) is 0.440. The molecule has 0 bridgehead atoms. The third-order valence-electron chi connectivity index (χ3n) is 5.77. The Morgan fingerprint density at radius 3 is 2.68 bits per heavy atom. The van der Waals surface area contributed by atoms with Crippen molar-refractivity contribution in [1.29, 1.82) is 0 Å². The molecule has 8 nitrogen and oxygen atoms in total. The number of hydrogen-bond acceptors (Lipinski definition) is 7. The van der Waals surface area contributed by atoms with Crippen LogP contribution < -0.4 is 10.3 Å². The van der Waals surface area contributed by atoms with Crippen molar-refractivity contribution in [2.45, 2.75) is 65.7 Å². The van der Waals surface area contributed by atoms with Crippen LogP contribution in [0.2, 0.25) is 0 Å². The lowest BCUT2D eigenvalue weighted by Gasteiger charge is -2.32. The highest BCUT2D eigenvalue weighted by Gasteiger charge is 2.29. The zero-order chi connectivity index (χ0) is 24.3. The van der Waals surface area contributed by atoms with Crippen molar-refractivity contribution in [1.82, 2.24) is 30.1 Å². The van der Waals surface area contributed by atoms with Gasteiger partial charge in [0.1, 0.15) is 5.75 Å². The molecule has 9 heteroatoms. The molecule has 0 aliphatic rings. The number of fused-ring (bicyclic) bond motifs is 1. The molecule has 180 valence electrons. The van der Waals surface area contributed by atoms with Crippen LogP contribution in [-0.2, 0) is 18.6 Å². The third-order valence-corrected chi connectivity index (χ3v) is 6.63. The average molecular weight is 481 g/mol. The second kappa shape index (κ2) is 10.1. The zero-order valence-electron chi connectivity index (χ0n) is 20.4. The third kappa shape index (κ3) is 5.20. The number of H-pyrrole nitrogens is 1. The van der Waals surface area contributed by atoms with Crippen molar-refractivity contribution in [3.8, 4) is 5.75 Å². The van der Waals surface area contributed by atoms with E-state index in [0.29, 0.717) is 25.3 Å². The fourth-order valence-corrected chi connectivity index (χ4v) is 4.91. The highest BCUT2D eigenvalue weighted by Crippen LogP contribution is 2.30. The van der Waals surface area contributed by atoms with Crippen LogP contribution in [0.3, 0.4) is 0 Å². The normalized spacial score (nSPS) is 13.0. The van der Waals surface area contributed by atoms with E-state index in [2.05, 4.69) is 70.6 Å². The van der Waals surface area contributed by atoms with Gasteiger partial charge in [0.2, 0.25) is 0 Å². The van der Waals surface area contributed by atoms with E-state index in [0.717, 1.165) is 28.9 Å². The Labute approximate surface area is 203 Å². The van der Waals surface area contributed by atoms with E-state index in [1.54, 1.807) is 11.3 Å². The summed E-state index contributed by atoms with van der Waals surface area (Å²) in [5.41, 5.74) is 1.16. The number of aromatic amines is 1. The summed E-state index contributed by atoms with van der Waals surface area (Å²) in [4.78, 5) is 19.6. The Hall–Kier alpha value is -3.04. The number of rotatable bonds is 9. The second-order valence-electron chi connectivity index (χ2n) is 9.33. The highest BCUT2D eigenvalue weighted by atomic mass is 32.1. The first-order valence-electron chi connectivity index (χ1n) is 11.6. The van der Waals surface area contributed by atoms with Crippen LogP contribution in [0.25, 0.3) is 10.9 Å². The van der Waals surface area contributed by atoms with E-state index < -0.39 is 0 Å². The predicted octanol–water partition coefficient (Wildman–Crippen LogP) is 4.88. The van der Waals surface area contributed by atoms with E-state index >= 15 is 0 Å². The van der Waals surface area contributed by atoms with E-state index in [1.165, 1.54) is 4.88 Å². The molecule has 34 heavy (non-hydrogen) atoms. The van der Waals surface area contributed by atoms with Crippen molar-refractivity contribution >= 4 is 22.2 Å². The van der Waals surface area contributed by atoms with Crippen molar-refractivity contribution in [2.24, 2.45) is 0 Å². The van der Waals surface area contributed by atoms with Gasteiger partial charge in [-0.25, -0.2) is 4.68 Å². The van der Waals surface area contributed by atoms with Crippen LogP contribution in [-0.4, -0.2) is 36.7 Å². The number of pyridine rings is 1. The number of ether oxygens (including phenoxy) is 1. The quantitative estimate of drug-likeness (QED) is 0.367. The van der Waals surface area contributed by atoms with E-state index in [4.69, 9.17) is 4.74 Å². The van der Waals surface area contributed by atoms with Gasteiger partial charge in [0.15, 0.2) is 5.82 Å². The Balaban J connectivity index is 1.74. The van der Waals surface area contributed by atoms with Gasteiger partial charge in [-0.15, -0.1) is 16.4 Å². The molecule has 1 atom stereocenters. The summed E-state index contributed by atoms with van der Waals surface area (Å²) in [6, 6.07) is 11.8. The minimum absolute atomic E-state index is 0.0545. The molecule has 0 saturated heterocycles. The first-order chi connectivity index (χ1) is 16.3. The molecule has 4 rings (SSSR count). The topological polar surface area (TPSA) is 88.9 Å². The fourth-order valence-electron chi connectivity index (χ4n) is 4.19. The molecule has 1 N–H and O–H groups in total. The van der Waals surface area contributed by atoms with Crippen molar-refractivity contribution < 1.29 is 4.74 Å². The van der Waals surface area contributed by atoms with Gasteiger partial charge in [-0.2, -0.15) is 0 Å². The lowest BCUT2D eigenvalue weighted by atomic mass is 10.1. The van der Waals surface area contributed by atoms with E-state index in [1.807, 2.05) is 35.9 Å². The van der Waals surface area contributed by atoms with Crippen molar-refractivity contribution in [2.75, 3.05) is 6.61 Å². The Bertz CT molecular complexity index is 1290. The van der Waals surface area contributed by atoms with Gasteiger partial charge in [-0.1, -0.05) is 13.0 Å². The van der Waals surface area contributed by atoms with Crippen LogP contribution in [0, 0.1) is 0 Å². The van der Waals surface area contributed by atoms with Gasteiger partial charge >= 0.3 is 0 Å². The Morgan fingerprint density at radius 1 is 1.18 bits per heavy atom. The molecule has 4 aromatic rings. The van der Waals surface area contributed by atoms with Gasteiger partial charge in [-0.05, 0) is 80.3 Å². The Kier molecular flexibility index (Phi) is 7.13. The molecule has 0 radical (unpaired) electrons. The molecule has 1 aromatic carbocycles. The van der Waals surface area contributed by atoms with Gasteiger partial charge in [0.05, 0.1) is 18.2 Å². The molecular formula is C25H32N6O2S. The summed E-state index contributed by atoms with van der Waals surface area (Å²) in [6.07, 6.45) is 0.807. The summed E-state index contributed by atoms with van der Waals surface area (Å²) >= 11 is 1.71. The number of nitrogens with zero attached hydrogens (tertiary/aromatic N) is 5. The number of tetrazole rings is 1. The van der Waals surface area contributed by atoms with Gasteiger partial charge < -0.3 is 9.72 Å². The molecule has 3 heterocycles. The standard InChI is InChI=1S/C25H32N6O2S/c1-6-22(23-27-28-29-31(23)25(3,4)5)30(16-20-9-8-12-34-20)15-18-13-17-14-19(33-7-2)10-11-21(17)26-24(18)32/h8-14,22H,6-7,15-16H2,1-5H3,(H,26,32). The SMILES string of the molecule is CCOc1ccc2[nH]c(=O)c(CN(Cc3cccs3)C(CC)c3nnnn3C(C)(C)C)cc2c1. The van der Waals surface area contributed by atoms with Gasteiger partial charge in [0.25, 0.3) is 5.56 Å². The highest BCUT2D eigenvalue weighted by molar-refractivity contribution is 7.09. The smallest absolute Gasteiger partial charge is 0.252 e. The molecule has 3 aromatic heterocycles. The predicted molar refractivity (Wildman–Crippen MR) is 135 cm³/mol. The number of hydrogen-bond donors (Lipinski definition) is 1. The minimum atomic E-state index is -0.253. The number of aromatic nitrogens is 5. The molecular weight excluding hydrogens is 448 g/mol. The van der Waals surface area contributed by atoms with Crippen LogP contribution in [0.1, 0.15) is 63.3 Å². The summed E-state index contributed by atoms with van der Waals surface area (Å²) in [5.74, 6) is 1.60. The molecule has 0 aliphatic carbocycles. The lowest BCUT2D eigenvalue weighted by molar-refractivity contribution is 0.155. The maximum absolute atomic E-state index is 13.0. The van der Waals surface area contributed by atoms with Crippen LogP contribution in [0.5, 0.6) is 5.75 Å². The monoisotopic (exact) mass is 480 g/mol. The lowest BCUT2D eigenvalue weighted by Crippen LogP contribution is -2.35. The Morgan fingerprint density at radius 2 is 2.00 bits per heavy atom. The van der Waals surface area contributed by atoms with Gasteiger partial charge in [0, 0.05) is 34.4 Å². The molecule has 0 fully saturated rings. The molecule has 0 saturated carbocycles. The van der Waals surface area contributed by atoms with Crippen LogP contribution >= 0.6 is 11.3 Å². The maximum atomic E-state index is 13.0. The van der Waals surface area contributed by atoms with Crippen molar-refractivity contribution in [3.05, 3.63) is 68.4 Å². The molecule has 0 amide bonds. The first-order valence-corrected chi connectivity index (χ1v) is 12.5. The molecule has 1 unspecified atom stereocenters. The average Bonchev–Trinajstić information content (AvgIpc) is 3.47. The molecule has 0 aliphatic heterocycles. The van der Waals surface area contributed by atoms with Gasteiger partial charge in [-0.3, -0.25) is 9.69 Å². The zero-order valence-corrected chi connectivity index (χ0v) is 21.2. The maximum Gasteiger partial charge on any atom is 0.252 e. The van der Waals surface area contributed by atoms with E-state index in [-0.39, 0.29) is 17.1 Å². The summed E-state index contributed by atoms with van der Waals surface area (Å²) < 4.78 is 7.55. The molecule has 0 spiro atoms. The van der Waals surface area contributed by atoms with Crippen LogP contribution in [0.4, 0.5) is 0 Å².